The fraction of sp³-hybridized carbons (Fsp3) is 0.286. The lowest BCUT2D eigenvalue weighted by molar-refractivity contribution is -0.151. The van der Waals surface area contributed by atoms with Gasteiger partial charge in [-0.05, 0) is 30.2 Å². The van der Waals surface area contributed by atoms with Gasteiger partial charge >= 0.3 is 5.97 Å². The molecule has 1 atom stereocenters. The van der Waals surface area contributed by atoms with Crippen molar-refractivity contribution in [2.75, 3.05) is 6.54 Å². The minimum Gasteiger partial charge on any atom is -0.457 e. The van der Waals surface area contributed by atoms with Gasteiger partial charge in [0.15, 0.2) is 0 Å². The number of benzene rings is 2. The van der Waals surface area contributed by atoms with Gasteiger partial charge < -0.3 is 14.6 Å². The largest absolute Gasteiger partial charge is 0.457 e. The predicted octanol–water partition coefficient (Wildman–Crippen LogP) is 3.31. The molecule has 6 nitrogen and oxygen atoms in total. The quantitative estimate of drug-likeness (QED) is 0.670. The Hall–Kier alpha value is -2.86. The molecular weight excluding hydrogens is 378 g/mol. The van der Waals surface area contributed by atoms with Crippen molar-refractivity contribution >= 4 is 34.5 Å². The summed E-state index contributed by atoms with van der Waals surface area (Å²) in [5.41, 5.74) is 2.82. The molecule has 2 aromatic carbocycles. The van der Waals surface area contributed by atoms with E-state index in [1.807, 2.05) is 47.0 Å². The molecule has 144 valence electrons. The van der Waals surface area contributed by atoms with Gasteiger partial charge in [-0.15, -0.1) is 0 Å². The molecule has 28 heavy (non-hydrogen) atoms. The number of carbonyl (C=O) groups excluding carboxylic acids is 2. The highest BCUT2D eigenvalue weighted by Crippen LogP contribution is 2.23. The van der Waals surface area contributed by atoms with Crippen LogP contribution in [0.3, 0.4) is 0 Å². The number of carbonyl (C=O) groups is 2. The van der Waals surface area contributed by atoms with Gasteiger partial charge in [-0.1, -0.05) is 41.9 Å². The molecule has 1 saturated heterocycles. The summed E-state index contributed by atoms with van der Waals surface area (Å²) in [4.78, 5) is 28.3. The molecular formula is C21H20ClN3O3. The number of nitrogens with one attached hydrogen (secondary N) is 1. The van der Waals surface area contributed by atoms with Crippen LogP contribution in [0.25, 0.3) is 11.0 Å². The van der Waals surface area contributed by atoms with Crippen LogP contribution in [-0.2, 0) is 27.5 Å². The summed E-state index contributed by atoms with van der Waals surface area (Å²) in [6.45, 7) is 1.02. The Bertz CT molecular complexity index is 1010. The second-order valence-electron chi connectivity index (χ2n) is 6.88. The molecule has 4 rings (SSSR count). The first-order chi connectivity index (χ1) is 13.6. The number of rotatable bonds is 5. The topological polar surface area (TPSA) is 73.2 Å². The van der Waals surface area contributed by atoms with Crippen molar-refractivity contribution in [2.45, 2.75) is 26.0 Å². The fourth-order valence-electron chi connectivity index (χ4n) is 3.39. The molecule has 3 aromatic rings. The van der Waals surface area contributed by atoms with Crippen LogP contribution in [0.2, 0.25) is 5.02 Å². The Morgan fingerprint density at radius 3 is 2.82 bits per heavy atom. The Kier molecular flexibility index (Phi) is 5.30. The van der Waals surface area contributed by atoms with Crippen LogP contribution >= 0.6 is 11.6 Å². The summed E-state index contributed by atoms with van der Waals surface area (Å²) < 4.78 is 7.57. The van der Waals surface area contributed by atoms with Crippen LogP contribution in [0, 0.1) is 5.92 Å². The molecule has 0 spiro atoms. The number of ether oxygens (including phenoxy) is 1. The van der Waals surface area contributed by atoms with E-state index in [2.05, 4.69) is 10.3 Å². The van der Waals surface area contributed by atoms with Crippen molar-refractivity contribution < 1.29 is 14.3 Å². The van der Waals surface area contributed by atoms with E-state index in [4.69, 9.17) is 16.3 Å². The Labute approximate surface area is 167 Å². The molecule has 1 N–H and O–H groups in total. The highest BCUT2D eigenvalue weighted by Gasteiger charge is 2.26. The summed E-state index contributed by atoms with van der Waals surface area (Å²) in [6, 6.07) is 15.6. The Balaban J connectivity index is 1.56. The zero-order valence-corrected chi connectivity index (χ0v) is 16.0. The number of nitrogens with zero attached hydrogens (tertiary/aromatic N) is 2. The van der Waals surface area contributed by atoms with Crippen LogP contribution in [0.1, 0.15) is 24.2 Å². The number of esters is 1. The van der Waals surface area contributed by atoms with Gasteiger partial charge in [-0.3, -0.25) is 9.59 Å². The van der Waals surface area contributed by atoms with E-state index in [0.717, 1.165) is 16.6 Å². The average molecular weight is 398 g/mol. The molecule has 0 saturated carbocycles. The van der Waals surface area contributed by atoms with Gasteiger partial charge in [0.25, 0.3) is 0 Å². The van der Waals surface area contributed by atoms with Crippen LogP contribution in [-0.4, -0.2) is 28.0 Å². The summed E-state index contributed by atoms with van der Waals surface area (Å²) in [6.07, 6.45) is 0.867. The summed E-state index contributed by atoms with van der Waals surface area (Å²) in [5.74, 6) is 0.0235. The van der Waals surface area contributed by atoms with E-state index in [1.54, 1.807) is 6.07 Å². The molecule has 7 heteroatoms. The lowest BCUT2D eigenvalue weighted by Gasteiger charge is -2.20. The number of imidazole rings is 1. The summed E-state index contributed by atoms with van der Waals surface area (Å²) in [5, 5.41) is 3.32. The molecule has 1 aliphatic heterocycles. The van der Waals surface area contributed by atoms with Gasteiger partial charge in [0.1, 0.15) is 12.4 Å². The second kappa shape index (κ2) is 8.02. The third-order valence-corrected chi connectivity index (χ3v) is 5.15. The molecule has 1 aromatic heterocycles. The molecule has 0 aliphatic carbocycles. The zero-order chi connectivity index (χ0) is 19.5. The number of hydrogen-bond acceptors (Lipinski definition) is 4. The number of halogens is 1. The molecule has 1 aliphatic rings. The standard InChI is InChI=1S/C21H20ClN3O3/c22-16-7-8-18-17(10-16)24-19(25(18)12-14-4-2-1-3-5-14)13-28-21(27)15-6-9-20(26)23-11-15/h1-5,7-8,10,15H,6,9,11-13H2,(H,23,26)/t15-/m1/s1. The van der Waals surface area contributed by atoms with E-state index < -0.39 is 0 Å². The first-order valence-corrected chi connectivity index (χ1v) is 9.60. The number of piperidine rings is 1. The van der Waals surface area contributed by atoms with Crippen molar-refractivity contribution in [1.82, 2.24) is 14.9 Å². The van der Waals surface area contributed by atoms with E-state index in [0.29, 0.717) is 36.8 Å². The Morgan fingerprint density at radius 1 is 1.25 bits per heavy atom. The SMILES string of the molecule is O=C1CC[C@@H](C(=O)OCc2nc3cc(Cl)ccc3n2Cc2ccccc2)CN1. The number of hydrogen-bond donors (Lipinski definition) is 1. The highest BCUT2D eigenvalue weighted by atomic mass is 35.5. The third-order valence-electron chi connectivity index (χ3n) is 4.92. The van der Waals surface area contributed by atoms with Crippen molar-refractivity contribution in [1.29, 1.82) is 0 Å². The minimum atomic E-state index is -0.309. The van der Waals surface area contributed by atoms with Crippen molar-refractivity contribution in [3.05, 3.63) is 64.9 Å². The molecule has 1 fully saturated rings. The molecule has 2 heterocycles. The number of aromatic nitrogens is 2. The summed E-state index contributed by atoms with van der Waals surface area (Å²) >= 11 is 6.11. The van der Waals surface area contributed by atoms with E-state index in [9.17, 15) is 9.59 Å². The van der Waals surface area contributed by atoms with Gasteiger partial charge in [-0.25, -0.2) is 4.98 Å². The minimum absolute atomic E-state index is 0.0226. The molecule has 1 amide bonds. The van der Waals surface area contributed by atoms with Crippen molar-refractivity contribution in [3.63, 3.8) is 0 Å². The first kappa shape index (κ1) is 18.5. The third kappa shape index (κ3) is 4.02. The van der Waals surface area contributed by atoms with E-state index in [-0.39, 0.29) is 24.4 Å². The monoisotopic (exact) mass is 397 g/mol. The Morgan fingerprint density at radius 2 is 2.07 bits per heavy atom. The molecule has 0 unspecified atom stereocenters. The fourth-order valence-corrected chi connectivity index (χ4v) is 3.56. The highest BCUT2D eigenvalue weighted by molar-refractivity contribution is 6.31. The molecule has 0 bridgehead atoms. The average Bonchev–Trinajstić information content (AvgIpc) is 3.04. The van der Waals surface area contributed by atoms with Crippen molar-refractivity contribution in [2.24, 2.45) is 5.92 Å². The van der Waals surface area contributed by atoms with E-state index >= 15 is 0 Å². The second-order valence-corrected chi connectivity index (χ2v) is 7.32. The van der Waals surface area contributed by atoms with Crippen LogP contribution in [0.5, 0.6) is 0 Å². The maximum absolute atomic E-state index is 12.4. The summed E-state index contributed by atoms with van der Waals surface area (Å²) in [7, 11) is 0. The van der Waals surface area contributed by atoms with Crippen LogP contribution < -0.4 is 5.32 Å². The van der Waals surface area contributed by atoms with Crippen LogP contribution in [0.15, 0.2) is 48.5 Å². The maximum atomic E-state index is 12.4. The zero-order valence-electron chi connectivity index (χ0n) is 15.2. The normalized spacial score (nSPS) is 16.8. The van der Waals surface area contributed by atoms with Gasteiger partial charge in [0.05, 0.1) is 17.0 Å². The number of amides is 1. The maximum Gasteiger partial charge on any atom is 0.311 e. The molecule has 0 radical (unpaired) electrons. The lowest BCUT2D eigenvalue weighted by atomic mass is 10.00. The smallest absolute Gasteiger partial charge is 0.311 e. The number of fused-ring (bicyclic) bond motifs is 1. The first-order valence-electron chi connectivity index (χ1n) is 9.22. The lowest BCUT2D eigenvalue weighted by Crippen LogP contribution is -2.39. The van der Waals surface area contributed by atoms with Crippen molar-refractivity contribution in [3.8, 4) is 0 Å². The predicted molar refractivity (Wildman–Crippen MR) is 106 cm³/mol. The van der Waals surface area contributed by atoms with Crippen LogP contribution in [0.4, 0.5) is 0 Å². The van der Waals surface area contributed by atoms with Gasteiger partial charge in [0.2, 0.25) is 5.91 Å². The van der Waals surface area contributed by atoms with Gasteiger partial charge in [-0.2, -0.15) is 0 Å². The van der Waals surface area contributed by atoms with Gasteiger partial charge in [0, 0.05) is 24.5 Å². The van der Waals surface area contributed by atoms with E-state index in [1.165, 1.54) is 0 Å².